The fourth-order valence-electron chi connectivity index (χ4n) is 4.54. The van der Waals surface area contributed by atoms with Crippen molar-refractivity contribution in [3.05, 3.63) is 76.8 Å². The van der Waals surface area contributed by atoms with E-state index in [0.29, 0.717) is 34.8 Å². The van der Waals surface area contributed by atoms with E-state index in [1.807, 2.05) is 24.3 Å². The van der Waals surface area contributed by atoms with Gasteiger partial charge >= 0.3 is 6.18 Å². The van der Waals surface area contributed by atoms with E-state index >= 15 is 0 Å². The van der Waals surface area contributed by atoms with Gasteiger partial charge in [-0.2, -0.15) is 18.2 Å². The van der Waals surface area contributed by atoms with E-state index in [-0.39, 0.29) is 24.1 Å². The van der Waals surface area contributed by atoms with Crippen LogP contribution in [0.5, 0.6) is 11.5 Å². The van der Waals surface area contributed by atoms with Crippen LogP contribution in [-0.2, 0) is 11.0 Å². The van der Waals surface area contributed by atoms with E-state index in [1.54, 1.807) is 31.4 Å². The third-order valence-electron chi connectivity index (χ3n) is 6.19. The molecule has 0 saturated heterocycles. The summed E-state index contributed by atoms with van der Waals surface area (Å²) in [4.78, 5) is 17.1. The molecule has 0 amide bonds. The first-order valence-electron chi connectivity index (χ1n) is 10.6. The summed E-state index contributed by atoms with van der Waals surface area (Å²) in [6.07, 6.45) is -4.03. The Morgan fingerprint density at radius 2 is 1.53 bits per heavy atom. The molecule has 10 heteroatoms. The van der Waals surface area contributed by atoms with Gasteiger partial charge in [0.1, 0.15) is 17.5 Å². The number of ketones is 1. The maximum absolute atomic E-state index is 13.4. The number of carbonyl (C=O) groups is 1. The predicted molar refractivity (Wildman–Crippen MR) is 117 cm³/mol. The molecule has 1 aromatic heterocycles. The predicted octanol–water partition coefficient (Wildman–Crippen LogP) is 4.73. The first kappa shape index (κ1) is 22.0. The number of methoxy groups -OCH3 is 2. The number of hydrogen-bond donors (Lipinski definition) is 1. The number of anilines is 1. The maximum atomic E-state index is 13.4. The lowest BCUT2D eigenvalue weighted by molar-refractivity contribution is -0.145. The second-order valence-electron chi connectivity index (χ2n) is 8.20. The Morgan fingerprint density at radius 1 is 0.941 bits per heavy atom. The van der Waals surface area contributed by atoms with Crippen molar-refractivity contribution in [2.75, 3.05) is 19.5 Å². The highest BCUT2D eigenvalue weighted by Crippen LogP contribution is 2.45. The minimum atomic E-state index is -4.72. The Bertz CT molecular complexity index is 1260. The third kappa shape index (κ3) is 3.78. The van der Waals surface area contributed by atoms with Gasteiger partial charge in [0.15, 0.2) is 5.78 Å². The van der Waals surface area contributed by atoms with Crippen molar-refractivity contribution < 1.29 is 27.4 Å². The van der Waals surface area contributed by atoms with E-state index in [1.165, 1.54) is 7.11 Å². The van der Waals surface area contributed by atoms with E-state index in [9.17, 15) is 18.0 Å². The Morgan fingerprint density at radius 3 is 2.09 bits per heavy atom. The zero-order chi connectivity index (χ0) is 24.0. The van der Waals surface area contributed by atoms with Gasteiger partial charge in [0.05, 0.1) is 14.2 Å². The van der Waals surface area contributed by atoms with E-state index in [0.717, 1.165) is 10.2 Å². The van der Waals surface area contributed by atoms with Gasteiger partial charge in [-0.1, -0.05) is 24.3 Å². The molecule has 2 atom stereocenters. The molecular formula is C24H21F3N4O3. The molecule has 7 nitrogen and oxygen atoms in total. The van der Waals surface area contributed by atoms with Crippen molar-refractivity contribution in [1.29, 1.82) is 0 Å². The van der Waals surface area contributed by atoms with Crippen molar-refractivity contribution in [2.45, 2.75) is 31.0 Å². The van der Waals surface area contributed by atoms with Crippen LogP contribution >= 0.6 is 0 Å². The molecule has 2 aromatic carbocycles. The number of hydrogen-bond acceptors (Lipinski definition) is 6. The molecule has 1 aliphatic carbocycles. The van der Waals surface area contributed by atoms with Gasteiger partial charge in [0.25, 0.3) is 5.82 Å². The van der Waals surface area contributed by atoms with Crippen molar-refractivity contribution in [2.24, 2.45) is 0 Å². The molecule has 1 aliphatic heterocycles. The molecule has 1 N–H and O–H groups in total. The van der Waals surface area contributed by atoms with Crippen LogP contribution in [0.1, 0.15) is 41.8 Å². The van der Waals surface area contributed by atoms with Crippen molar-refractivity contribution in [1.82, 2.24) is 14.8 Å². The third-order valence-corrected chi connectivity index (χ3v) is 6.19. The van der Waals surface area contributed by atoms with Crippen LogP contribution in [0.3, 0.4) is 0 Å². The second-order valence-corrected chi connectivity index (χ2v) is 8.20. The van der Waals surface area contributed by atoms with Crippen molar-refractivity contribution >= 4 is 11.7 Å². The number of benzene rings is 2. The molecule has 3 aromatic rings. The lowest BCUT2D eigenvalue weighted by Gasteiger charge is -2.35. The minimum absolute atomic E-state index is 0.0462. The summed E-state index contributed by atoms with van der Waals surface area (Å²) >= 11 is 0. The molecule has 0 saturated carbocycles. The zero-order valence-electron chi connectivity index (χ0n) is 18.4. The van der Waals surface area contributed by atoms with Gasteiger partial charge in [0, 0.05) is 17.7 Å². The average Bonchev–Trinajstić information content (AvgIpc) is 3.27. The normalized spacial score (nSPS) is 19.9. The summed E-state index contributed by atoms with van der Waals surface area (Å²) in [5.41, 5.74) is 2.53. The Balaban J connectivity index is 1.58. The highest BCUT2D eigenvalue weighted by atomic mass is 19.4. The SMILES string of the molecule is COc1ccc(C2CC(=O)C3=C(C2)Nc2nc(C(F)(F)F)nn2C3c2ccc(OC)cc2)cc1. The number of nitrogens with one attached hydrogen (secondary N) is 1. The monoisotopic (exact) mass is 470 g/mol. The molecule has 176 valence electrons. The molecular weight excluding hydrogens is 449 g/mol. The van der Waals surface area contributed by atoms with Crippen LogP contribution in [0.15, 0.2) is 59.8 Å². The lowest BCUT2D eigenvalue weighted by Crippen LogP contribution is -2.33. The number of halogens is 3. The van der Waals surface area contributed by atoms with E-state index in [2.05, 4.69) is 15.4 Å². The number of rotatable bonds is 4. The number of ether oxygens (including phenoxy) is 2. The molecule has 0 bridgehead atoms. The number of alkyl halides is 3. The fraction of sp³-hybridized carbons (Fsp3) is 0.292. The van der Waals surface area contributed by atoms with Gasteiger partial charge < -0.3 is 14.8 Å². The van der Waals surface area contributed by atoms with Crippen LogP contribution in [0, 0.1) is 0 Å². The number of aromatic nitrogens is 3. The molecule has 34 heavy (non-hydrogen) atoms. The topological polar surface area (TPSA) is 78.3 Å². The molecule has 0 radical (unpaired) electrons. The summed E-state index contributed by atoms with van der Waals surface area (Å²) in [7, 11) is 3.10. The zero-order valence-corrected chi connectivity index (χ0v) is 18.4. The van der Waals surface area contributed by atoms with Crippen LogP contribution in [0.25, 0.3) is 0 Å². The number of nitrogens with zero attached hydrogens (tertiary/aromatic N) is 3. The minimum Gasteiger partial charge on any atom is -0.497 e. The van der Waals surface area contributed by atoms with Crippen LogP contribution < -0.4 is 14.8 Å². The van der Waals surface area contributed by atoms with Gasteiger partial charge in [-0.15, -0.1) is 5.10 Å². The molecule has 2 unspecified atom stereocenters. The number of fused-ring (bicyclic) bond motifs is 1. The Labute approximate surface area is 193 Å². The molecule has 5 rings (SSSR count). The highest BCUT2D eigenvalue weighted by molar-refractivity contribution is 6.00. The lowest BCUT2D eigenvalue weighted by atomic mass is 9.78. The summed E-state index contributed by atoms with van der Waals surface area (Å²) in [6.45, 7) is 0. The van der Waals surface area contributed by atoms with Crippen LogP contribution in [-0.4, -0.2) is 34.8 Å². The van der Waals surface area contributed by atoms with Gasteiger partial charge in [0.2, 0.25) is 5.95 Å². The number of allylic oxidation sites excluding steroid dienone is 2. The largest absolute Gasteiger partial charge is 0.497 e. The van der Waals surface area contributed by atoms with Gasteiger partial charge in [-0.05, 0) is 47.7 Å². The number of carbonyl (C=O) groups excluding carboxylic acids is 1. The van der Waals surface area contributed by atoms with E-state index < -0.39 is 18.0 Å². The summed E-state index contributed by atoms with van der Waals surface area (Å²) in [5, 5.41) is 6.70. The first-order valence-corrected chi connectivity index (χ1v) is 10.6. The fourth-order valence-corrected chi connectivity index (χ4v) is 4.54. The van der Waals surface area contributed by atoms with Crippen molar-refractivity contribution in [3.63, 3.8) is 0 Å². The van der Waals surface area contributed by atoms with Gasteiger partial charge in [-0.3, -0.25) is 4.79 Å². The quantitative estimate of drug-likeness (QED) is 0.594. The molecule has 0 spiro atoms. The average molecular weight is 470 g/mol. The second kappa shape index (κ2) is 8.19. The Hall–Kier alpha value is -3.82. The van der Waals surface area contributed by atoms with Crippen LogP contribution in [0.2, 0.25) is 0 Å². The highest BCUT2D eigenvalue weighted by Gasteiger charge is 2.43. The maximum Gasteiger partial charge on any atom is 0.453 e. The summed E-state index contributed by atoms with van der Waals surface area (Å²) in [5.74, 6) is -0.282. The van der Waals surface area contributed by atoms with Gasteiger partial charge in [-0.25, -0.2) is 4.68 Å². The van der Waals surface area contributed by atoms with Crippen LogP contribution in [0.4, 0.5) is 19.1 Å². The number of Topliss-reactive ketones (excluding diaryl/α,β-unsaturated/α-hetero) is 1. The smallest absolute Gasteiger partial charge is 0.453 e. The summed E-state index contributed by atoms with van der Waals surface area (Å²) in [6, 6.07) is 13.5. The standard InChI is InChI=1S/C24H21F3N4O3/c1-33-16-7-3-13(4-8-16)15-11-18-20(19(32)12-15)21(14-5-9-17(34-2)10-6-14)31-23(28-18)29-22(30-31)24(25,26)27/h3-10,15,21H,11-12H2,1-2H3,(H,28,29,30). The molecule has 2 heterocycles. The Kier molecular flexibility index (Phi) is 5.30. The van der Waals surface area contributed by atoms with Crippen molar-refractivity contribution in [3.8, 4) is 11.5 Å². The summed E-state index contributed by atoms with van der Waals surface area (Å²) < 4.78 is 51.8. The van der Waals surface area contributed by atoms with E-state index in [4.69, 9.17) is 9.47 Å². The first-order chi connectivity index (χ1) is 16.3. The molecule has 0 fully saturated rings. The molecule has 2 aliphatic rings.